The number of fused-ring (bicyclic) bond motifs is 2. The summed E-state index contributed by atoms with van der Waals surface area (Å²) in [5, 5.41) is 4.26. The van der Waals surface area contributed by atoms with Crippen molar-refractivity contribution in [2.75, 3.05) is 44.3 Å². The number of aromatic amines is 1. The van der Waals surface area contributed by atoms with Crippen LogP contribution in [0.5, 0.6) is 0 Å². The molecule has 5 rings (SSSR count). The number of anilines is 1. The minimum Gasteiger partial charge on any atom is -0.378 e. The zero-order valence-electron chi connectivity index (χ0n) is 18.1. The normalized spacial score (nSPS) is 20.3. The van der Waals surface area contributed by atoms with Crippen molar-refractivity contribution in [2.24, 2.45) is 0 Å². The number of nitrogens with one attached hydrogen (secondary N) is 1. The van der Waals surface area contributed by atoms with E-state index in [1.807, 2.05) is 22.6 Å². The number of hydrogen-bond donors (Lipinski definition) is 1. The molecule has 0 radical (unpaired) electrons. The summed E-state index contributed by atoms with van der Waals surface area (Å²) in [5.41, 5.74) is 2.79. The number of nitrogens with zero attached hydrogens (tertiary/aromatic N) is 5. The first-order valence-electron chi connectivity index (χ1n) is 11.3. The zero-order chi connectivity index (χ0) is 21.4. The first kappa shape index (κ1) is 20.2. The number of rotatable bonds is 4. The van der Waals surface area contributed by atoms with Crippen LogP contribution in [0.25, 0.3) is 0 Å². The van der Waals surface area contributed by atoms with Gasteiger partial charge in [0.2, 0.25) is 11.9 Å². The molecule has 9 heteroatoms. The molecule has 1 aliphatic carbocycles. The maximum Gasteiger partial charge on any atom is 0.255 e. The molecule has 2 aliphatic heterocycles. The molecule has 0 saturated carbocycles. The molecular formula is C22H30N6O3. The van der Waals surface area contributed by atoms with Gasteiger partial charge in [0, 0.05) is 62.0 Å². The van der Waals surface area contributed by atoms with Crippen molar-refractivity contribution in [1.29, 1.82) is 0 Å². The molecule has 31 heavy (non-hydrogen) atoms. The summed E-state index contributed by atoms with van der Waals surface area (Å²) >= 11 is 0. The van der Waals surface area contributed by atoms with Gasteiger partial charge in [-0.05, 0) is 38.7 Å². The lowest BCUT2D eigenvalue weighted by Gasteiger charge is -2.39. The van der Waals surface area contributed by atoms with Crippen molar-refractivity contribution in [3.05, 3.63) is 39.6 Å². The highest BCUT2D eigenvalue weighted by atomic mass is 16.5. The molecule has 2 fully saturated rings. The van der Waals surface area contributed by atoms with Gasteiger partial charge in [0.05, 0.1) is 18.9 Å². The first-order chi connectivity index (χ1) is 15.1. The second-order valence-electron chi connectivity index (χ2n) is 8.92. The van der Waals surface area contributed by atoms with Crippen LogP contribution in [0.3, 0.4) is 0 Å². The highest BCUT2D eigenvalue weighted by Crippen LogP contribution is 2.44. The Balaban J connectivity index is 1.28. The maximum absolute atomic E-state index is 12.8. The van der Waals surface area contributed by atoms with Gasteiger partial charge in [0.15, 0.2) is 0 Å². The van der Waals surface area contributed by atoms with Gasteiger partial charge in [-0.15, -0.1) is 0 Å². The molecule has 2 aromatic rings. The molecule has 1 spiro atoms. The highest BCUT2D eigenvalue weighted by Gasteiger charge is 2.44. The van der Waals surface area contributed by atoms with Crippen LogP contribution in [0.2, 0.25) is 0 Å². The fourth-order valence-corrected chi connectivity index (χ4v) is 5.23. The van der Waals surface area contributed by atoms with E-state index >= 15 is 0 Å². The summed E-state index contributed by atoms with van der Waals surface area (Å²) in [4.78, 5) is 37.6. The van der Waals surface area contributed by atoms with Gasteiger partial charge in [-0.2, -0.15) is 5.10 Å². The molecule has 0 bridgehead atoms. The number of aromatic nitrogens is 4. The lowest BCUT2D eigenvalue weighted by atomic mass is 9.76. The van der Waals surface area contributed by atoms with Crippen molar-refractivity contribution >= 4 is 11.9 Å². The minimum atomic E-state index is -0.0834. The number of morpholine rings is 1. The van der Waals surface area contributed by atoms with Crippen LogP contribution in [0.1, 0.15) is 42.6 Å². The summed E-state index contributed by atoms with van der Waals surface area (Å²) in [6, 6.07) is 1.95. The quantitative estimate of drug-likeness (QED) is 0.784. The van der Waals surface area contributed by atoms with Gasteiger partial charge in [0.1, 0.15) is 0 Å². The van der Waals surface area contributed by atoms with Crippen molar-refractivity contribution in [1.82, 2.24) is 24.6 Å². The monoisotopic (exact) mass is 426 g/mol. The molecule has 4 heterocycles. The van der Waals surface area contributed by atoms with Crippen LogP contribution < -0.4 is 10.5 Å². The largest absolute Gasteiger partial charge is 0.378 e. The fourth-order valence-electron chi connectivity index (χ4n) is 5.23. The van der Waals surface area contributed by atoms with Crippen LogP contribution in [0.4, 0.5) is 5.95 Å². The Morgan fingerprint density at radius 1 is 1.19 bits per heavy atom. The van der Waals surface area contributed by atoms with Crippen LogP contribution in [-0.2, 0) is 27.9 Å². The Hall–Kier alpha value is -2.68. The Kier molecular flexibility index (Phi) is 5.29. The van der Waals surface area contributed by atoms with E-state index in [2.05, 4.69) is 15.0 Å². The predicted molar refractivity (Wildman–Crippen MR) is 115 cm³/mol. The summed E-state index contributed by atoms with van der Waals surface area (Å²) in [7, 11) is 0. The molecule has 0 unspecified atom stereocenters. The Morgan fingerprint density at radius 2 is 1.97 bits per heavy atom. The summed E-state index contributed by atoms with van der Waals surface area (Å²) < 4.78 is 7.31. The van der Waals surface area contributed by atoms with Crippen molar-refractivity contribution in [3.63, 3.8) is 0 Å². The lowest BCUT2D eigenvalue weighted by molar-refractivity contribution is -0.133. The number of likely N-dealkylation sites (tertiary alicyclic amines) is 1. The molecule has 2 saturated heterocycles. The summed E-state index contributed by atoms with van der Waals surface area (Å²) in [6.45, 7) is 6.85. The third-order valence-electron chi connectivity index (χ3n) is 7.21. The smallest absolute Gasteiger partial charge is 0.255 e. The summed E-state index contributed by atoms with van der Waals surface area (Å²) in [6.07, 6.45) is 5.68. The van der Waals surface area contributed by atoms with E-state index in [-0.39, 0.29) is 16.9 Å². The number of H-pyrrole nitrogens is 1. The van der Waals surface area contributed by atoms with Crippen molar-refractivity contribution < 1.29 is 9.53 Å². The second kappa shape index (κ2) is 8.11. The Morgan fingerprint density at radius 3 is 2.68 bits per heavy atom. The molecule has 0 aromatic carbocycles. The van der Waals surface area contributed by atoms with Crippen LogP contribution in [0, 0.1) is 6.92 Å². The fraction of sp³-hybridized carbons (Fsp3) is 0.636. The third kappa shape index (κ3) is 3.75. The highest BCUT2D eigenvalue weighted by molar-refractivity contribution is 5.76. The molecule has 1 N–H and O–H groups in total. The molecule has 9 nitrogen and oxygen atoms in total. The van der Waals surface area contributed by atoms with Gasteiger partial charge >= 0.3 is 0 Å². The molecule has 2 aromatic heterocycles. The van der Waals surface area contributed by atoms with E-state index in [9.17, 15) is 9.59 Å². The van der Waals surface area contributed by atoms with E-state index in [1.54, 1.807) is 6.20 Å². The SMILES string of the molecule is Cc1ccnn1CCC(=O)N1CCC2(CCc3c2nc(N2CCOCC2)[nH]c3=O)CC1. The third-order valence-corrected chi connectivity index (χ3v) is 7.21. The standard InChI is InChI=1S/C22H30N6O3/c1-16-3-8-23-28(16)9-4-18(29)26-10-6-22(7-11-26)5-2-17-19(22)24-21(25-20(17)30)27-12-14-31-15-13-27/h3,8H,2,4-7,9-15H2,1H3,(H,24,25,30). The van der Waals surface area contributed by atoms with Crippen LogP contribution >= 0.6 is 0 Å². The molecule has 166 valence electrons. The second-order valence-corrected chi connectivity index (χ2v) is 8.92. The number of carbonyl (C=O) groups is 1. The van der Waals surface area contributed by atoms with Crippen molar-refractivity contribution in [3.8, 4) is 0 Å². The van der Waals surface area contributed by atoms with Crippen LogP contribution in [-0.4, -0.2) is 69.9 Å². The molecule has 3 aliphatic rings. The topological polar surface area (TPSA) is 96.3 Å². The number of aryl methyl sites for hydroxylation is 2. The maximum atomic E-state index is 12.8. The number of carbonyl (C=O) groups excluding carboxylic acids is 1. The van der Waals surface area contributed by atoms with Crippen LogP contribution in [0.15, 0.2) is 17.1 Å². The number of piperidine rings is 1. The number of hydrogen-bond acceptors (Lipinski definition) is 6. The van der Waals surface area contributed by atoms with Gasteiger partial charge < -0.3 is 14.5 Å². The number of ether oxygens (including phenoxy) is 1. The zero-order valence-corrected chi connectivity index (χ0v) is 18.1. The van der Waals surface area contributed by atoms with Gasteiger partial charge in [-0.1, -0.05) is 0 Å². The van der Waals surface area contributed by atoms with Gasteiger partial charge in [-0.3, -0.25) is 19.3 Å². The average Bonchev–Trinajstić information content (AvgIpc) is 3.37. The Labute approximate surface area is 181 Å². The predicted octanol–water partition coefficient (Wildman–Crippen LogP) is 1.01. The average molecular weight is 427 g/mol. The van der Waals surface area contributed by atoms with E-state index in [1.165, 1.54) is 0 Å². The van der Waals surface area contributed by atoms with E-state index < -0.39 is 0 Å². The van der Waals surface area contributed by atoms with Crippen molar-refractivity contribution in [2.45, 2.75) is 51.0 Å². The summed E-state index contributed by atoms with van der Waals surface area (Å²) in [5.74, 6) is 0.845. The van der Waals surface area contributed by atoms with Gasteiger partial charge in [0.25, 0.3) is 5.56 Å². The van der Waals surface area contributed by atoms with E-state index in [4.69, 9.17) is 9.72 Å². The number of amides is 1. The van der Waals surface area contributed by atoms with E-state index in [0.29, 0.717) is 32.1 Å². The minimum absolute atomic E-state index is 0.00327. The first-order valence-corrected chi connectivity index (χ1v) is 11.3. The molecule has 0 atom stereocenters. The lowest BCUT2D eigenvalue weighted by Crippen LogP contribution is -2.45. The van der Waals surface area contributed by atoms with E-state index in [0.717, 1.165) is 68.8 Å². The molecular weight excluding hydrogens is 396 g/mol. The molecule has 1 amide bonds. The Bertz CT molecular complexity index is 1010. The van der Waals surface area contributed by atoms with Gasteiger partial charge in [-0.25, -0.2) is 4.98 Å².